The van der Waals surface area contributed by atoms with E-state index < -0.39 is 11.9 Å². The Morgan fingerprint density at radius 1 is 1.44 bits per heavy atom. The Morgan fingerprint density at radius 2 is 2.06 bits per heavy atom. The maximum absolute atomic E-state index is 11.2. The van der Waals surface area contributed by atoms with E-state index in [1.54, 1.807) is 18.2 Å². The number of ether oxygens (including phenoxy) is 1. The fourth-order valence-electron chi connectivity index (χ4n) is 1.72. The van der Waals surface area contributed by atoms with Crippen molar-refractivity contribution in [1.82, 2.24) is 0 Å². The van der Waals surface area contributed by atoms with Gasteiger partial charge < -0.3 is 9.84 Å². The zero-order valence-corrected chi connectivity index (χ0v) is 10.3. The first-order valence-corrected chi connectivity index (χ1v) is 5.41. The van der Waals surface area contributed by atoms with Crippen molar-refractivity contribution in [2.75, 3.05) is 7.11 Å². The summed E-state index contributed by atoms with van der Waals surface area (Å²) in [6.45, 7) is 3.74. The molecule has 0 saturated carbocycles. The fourth-order valence-corrected chi connectivity index (χ4v) is 1.88. The first-order valence-electron chi connectivity index (χ1n) is 5.03. The minimum Gasteiger partial charge on any atom is -0.496 e. The van der Waals surface area contributed by atoms with E-state index >= 15 is 0 Å². The van der Waals surface area contributed by atoms with E-state index in [0.29, 0.717) is 16.3 Å². The van der Waals surface area contributed by atoms with Crippen LogP contribution in [0.5, 0.6) is 5.75 Å². The third kappa shape index (κ3) is 2.67. The van der Waals surface area contributed by atoms with E-state index in [4.69, 9.17) is 16.3 Å². The van der Waals surface area contributed by atoms with E-state index in [-0.39, 0.29) is 5.92 Å². The summed E-state index contributed by atoms with van der Waals surface area (Å²) in [5, 5.41) is 9.73. The number of hydrogen-bond acceptors (Lipinski definition) is 2. The van der Waals surface area contributed by atoms with Gasteiger partial charge in [-0.1, -0.05) is 31.5 Å². The van der Waals surface area contributed by atoms with Crippen molar-refractivity contribution in [1.29, 1.82) is 0 Å². The molecule has 16 heavy (non-hydrogen) atoms. The minimum absolute atomic E-state index is 0.00687. The number of halogens is 1. The molecule has 1 unspecified atom stereocenters. The number of carboxylic acid groups (broad SMARTS) is 1. The topological polar surface area (TPSA) is 46.5 Å². The van der Waals surface area contributed by atoms with Gasteiger partial charge >= 0.3 is 5.97 Å². The van der Waals surface area contributed by atoms with Crippen LogP contribution in [0.3, 0.4) is 0 Å². The second-order valence-electron chi connectivity index (χ2n) is 3.95. The molecule has 88 valence electrons. The van der Waals surface area contributed by atoms with Gasteiger partial charge in [-0.05, 0) is 18.1 Å². The summed E-state index contributed by atoms with van der Waals surface area (Å²) in [4.78, 5) is 11.2. The lowest BCUT2D eigenvalue weighted by atomic mass is 9.88. The average Bonchev–Trinajstić information content (AvgIpc) is 2.19. The van der Waals surface area contributed by atoms with Crippen LogP contribution in [-0.2, 0) is 4.79 Å². The van der Waals surface area contributed by atoms with Crippen molar-refractivity contribution in [2.24, 2.45) is 5.92 Å². The molecule has 1 aromatic carbocycles. The van der Waals surface area contributed by atoms with Gasteiger partial charge in [0.1, 0.15) is 5.75 Å². The summed E-state index contributed by atoms with van der Waals surface area (Å²) in [6, 6.07) is 5.02. The van der Waals surface area contributed by atoms with Crippen LogP contribution in [0.15, 0.2) is 18.2 Å². The van der Waals surface area contributed by atoms with Crippen LogP contribution in [-0.4, -0.2) is 18.2 Å². The smallest absolute Gasteiger partial charge is 0.311 e. The van der Waals surface area contributed by atoms with Crippen molar-refractivity contribution in [2.45, 2.75) is 19.8 Å². The quantitative estimate of drug-likeness (QED) is 0.882. The predicted molar refractivity (Wildman–Crippen MR) is 63.2 cm³/mol. The number of aliphatic carboxylic acids is 1. The summed E-state index contributed by atoms with van der Waals surface area (Å²) in [7, 11) is 1.51. The van der Waals surface area contributed by atoms with Crippen LogP contribution in [0.4, 0.5) is 0 Å². The van der Waals surface area contributed by atoms with E-state index in [1.807, 2.05) is 13.8 Å². The predicted octanol–water partition coefficient (Wildman–Crippen LogP) is 3.17. The molecule has 4 heteroatoms. The molecular formula is C12H15ClO3. The van der Waals surface area contributed by atoms with Crippen LogP contribution in [0.25, 0.3) is 0 Å². The largest absolute Gasteiger partial charge is 0.496 e. The molecule has 0 bridgehead atoms. The lowest BCUT2D eigenvalue weighted by molar-refractivity contribution is -0.139. The molecule has 0 aliphatic rings. The summed E-state index contributed by atoms with van der Waals surface area (Å²) in [6.07, 6.45) is 0. The maximum Gasteiger partial charge on any atom is 0.311 e. The Balaban J connectivity index is 3.23. The molecule has 3 nitrogen and oxygen atoms in total. The lowest BCUT2D eigenvalue weighted by Gasteiger charge is -2.19. The van der Waals surface area contributed by atoms with E-state index in [2.05, 4.69) is 0 Å². The maximum atomic E-state index is 11.2. The number of methoxy groups -OCH3 is 1. The van der Waals surface area contributed by atoms with Gasteiger partial charge in [0.15, 0.2) is 0 Å². The molecule has 0 heterocycles. The Bertz CT molecular complexity index is 388. The Labute approximate surface area is 100.0 Å². The number of rotatable bonds is 4. The number of benzene rings is 1. The molecule has 0 saturated heterocycles. The molecule has 1 N–H and O–H groups in total. The van der Waals surface area contributed by atoms with Gasteiger partial charge in [-0.2, -0.15) is 0 Å². The van der Waals surface area contributed by atoms with E-state index in [0.717, 1.165) is 0 Å². The van der Waals surface area contributed by atoms with Crippen molar-refractivity contribution in [3.05, 3.63) is 28.8 Å². The SMILES string of the molecule is COc1cc(Cl)ccc1C(C(=O)O)C(C)C. The highest BCUT2D eigenvalue weighted by atomic mass is 35.5. The first-order chi connectivity index (χ1) is 7.47. The summed E-state index contributed by atoms with van der Waals surface area (Å²) in [5.74, 6) is -0.913. The minimum atomic E-state index is -0.851. The molecule has 0 aromatic heterocycles. The molecule has 1 atom stereocenters. The molecule has 0 fully saturated rings. The molecule has 0 radical (unpaired) electrons. The van der Waals surface area contributed by atoms with Crippen molar-refractivity contribution >= 4 is 17.6 Å². The highest BCUT2D eigenvalue weighted by Crippen LogP contribution is 2.33. The van der Waals surface area contributed by atoms with Gasteiger partial charge in [-0.15, -0.1) is 0 Å². The van der Waals surface area contributed by atoms with Crippen LogP contribution < -0.4 is 4.74 Å². The summed E-state index contributed by atoms with van der Waals surface area (Å²) >= 11 is 5.83. The number of hydrogen-bond donors (Lipinski definition) is 1. The second kappa shape index (κ2) is 5.21. The summed E-state index contributed by atoms with van der Waals surface area (Å²) in [5.41, 5.74) is 0.661. The molecule has 0 aliphatic carbocycles. The third-order valence-corrected chi connectivity index (χ3v) is 2.70. The molecular weight excluding hydrogens is 228 g/mol. The monoisotopic (exact) mass is 242 g/mol. The van der Waals surface area contributed by atoms with Crippen molar-refractivity contribution in [3.8, 4) is 5.75 Å². The molecule has 0 spiro atoms. The Kier molecular flexibility index (Phi) is 4.19. The van der Waals surface area contributed by atoms with Gasteiger partial charge in [0.05, 0.1) is 13.0 Å². The van der Waals surface area contributed by atoms with Gasteiger partial charge in [0.25, 0.3) is 0 Å². The second-order valence-corrected chi connectivity index (χ2v) is 4.38. The highest BCUT2D eigenvalue weighted by Gasteiger charge is 2.26. The van der Waals surface area contributed by atoms with Gasteiger partial charge in [-0.3, -0.25) is 4.79 Å². The fraction of sp³-hybridized carbons (Fsp3) is 0.417. The van der Waals surface area contributed by atoms with Crippen LogP contribution in [0, 0.1) is 5.92 Å². The van der Waals surface area contributed by atoms with Crippen molar-refractivity contribution < 1.29 is 14.6 Å². The van der Waals surface area contributed by atoms with E-state index in [1.165, 1.54) is 7.11 Å². The van der Waals surface area contributed by atoms with E-state index in [9.17, 15) is 9.90 Å². The Morgan fingerprint density at radius 3 is 2.50 bits per heavy atom. The van der Waals surface area contributed by atoms with Gasteiger partial charge in [0.2, 0.25) is 0 Å². The normalized spacial score (nSPS) is 12.6. The molecule has 1 rings (SSSR count). The molecule has 0 amide bonds. The van der Waals surface area contributed by atoms with Crippen LogP contribution in [0.2, 0.25) is 5.02 Å². The van der Waals surface area contributed by atoms with Gasteiger partial charge in [-0.25, -0.2) is 0 Å². The van der Waals surface area contributed by atoms with Crippen LogP contribution >= 0.6 is 11.6 Å². The number of carboxylic acids is 1. The number of carbonyl (C=O) groups is 1. The highest BCUT2D eigenvalue weighted by molar-refractivity contribution is 6.30. The summed E-state index contributed by atoms with van der Waals surface area (Å²) < 4.78 is 5.16. The standard InChI is InChI=1S/C12H15ClO3/c1-7(2)11(12(14)15)9-5-4-8(13)6-10(9)16-3/h4-7,11H,1-3H3,(H,14,15). The average molecular weight is 243 g/mol. The zero-order chi connectivity index (χ0) is 12.3. The Hall–Kier alpha value is -1.22. The molecule has 1 aromatic rings. The third-order valence-electron chi connectivity index (χ3n) is 2.46. The first kappa shape index (κ1) is 12.8. The lowest BCUT2D eigenvalue weighted by Crippen LogP contribution is -2.18. The zero-order valence-electron chi connectivity index (χ0n) is 9.53. The molecule has 0 aliphatic heterocycles. The van der Waals surface area contributed by atoms with Crippen molar-refractivity contribution in [3.63, 3.8) is 0 Å². The van der Waals surface area contributed by atoms with Gasteiger partial charge in [0, 0.05) is 10.6 Å². The van der Waals surface area contributed by atoms with Crippen LogP contribution in [0.1, 0.15) is 25.3 Å².